The molecule has 1 atom stereocenters. The summed E-state index contributed by atoms with van der Waals surface area (Å²) in [7, 11) is 0. The molecular weight excluding hydrogens is 487 g/mol. The second-order valence-corrected chi connectivity index (χ2v) is 9.87. The molecule has 2 heterocycles. The topological polar surface area (TPSA) is 102 Å². The number of alkyl halides is 3. The Bertz CT molecular complexity index is 1300. The van der Waals surface area contributed by atoms with E-state index in [1.807, 2.05) is 0 Å². The fourth-order valence-corrected chi connectivity index (χ4v) is 4.06. The molecule has 3 N–H and O–H groups in total. The van der Waals surface area contributed by atoms with Gasteiger partial charge in [0, 0.05) is 30.3 Å². The number of likely N-dealkylation sites (tertiary alicyclic amines) is 1. The van der Waals surface area contributed by atoms with Crippen molar-refractivity contribution in [2.75, 3.05) is 18.8 Å². The van der Waals surface area contributed by atoms with Crippen molar-refractivity contribution in [3.63, 3.8) is 0 Å². The molecule has 0 aliphatic carbocycles. The average Bonchev–Trinajstić information content (AvgIpc) is 3.43. The van der Waals surface area contributed by atoms with E-state index in [4.69, 9.17) is 10.5 Å². The summed E-state index contributed by atoms with van der Waals surface area (Å²) in [5, 5.41) is 7.16. The first kappa shape index (κ1) is 26.1. The molecular formula is C26H28F3N5O3. The maximum atomic E-state index is 13.1. The maximum absolute atomic E-state index is 13.1. The van der Waals surface area contributed by atoms with Crippen LogP contribution in [0.1, 0.15) is 43.1 Å². The normalized spacial score (nSPS) is 16.1. The van der Waals surface area contributed by atoms with Gasteiger partial charge < -0.3 is 20.7 Å². The number of rotatable bonds is 4. The number of aromatic nitrogens is 2. The number of amides is 2. The van der Waals surface area contributed by atoms with Crippen LogP contribution in [-0.4, -0.2) is 51.4 Å². The number of alkyl carbamates (subject to hydrolysis) is 1. The molecule has 0 bridgehead atoms. The van der Waals surface area contributed by atoms with Crippen LogP contribution >= 0.6 is 0 Å². The quantitative estimate of drug-likeness (QED) is 0.516. The molecule has 1 aliphatic heterocycles. The molecule has 196 valence electrons. The molecule has 37 heavy (non-hydrogen) atoms. The first-order valence-electron chi connectivity index (χ1n) is 11.7. The van der Waals surface area contributed by atoms with Crippen molar-refractivity contribution in [1.82, 2.24) is 20.0 Å². The van der Waals surface area contributed by atoms with Gasteiger partial charge in [0.2, 0.25) is 0 Å². The van der Waals surface area contributed by atoms with Gasteiger partial charge in [-0.15, -0.1) is 0 Å². The Morgan fingerprint density at radius 3 is 2.43 bits per heavy atom. The minimum Gasteiger partial charge on any atom is -0.444 e. The van der Waals surface area contributed by atoms with E-state index in [1.54, 1.807) is 49.9 Å². The van der Waals surface area contributed by atoms with E-state index in [-0.39, 0.29) is 23.3 Å². The lowest BCUT2D eigenvalue weighted by Crippen LogP contribution is -2.41. The van der Waals surface area contributed by atoms with Crippen LogP contribution in [0.25, 0.3) is 16.9 Å². The van der Waals surface area contributed by atoms with Crippen LogP contribution in [0.3, 0.4) is 0 Å². The SMILES string of the molecule is CC(C)(C)OC(=O)NC1CCN(C(=O)c2ccc(-n3nc(-c4cccc(C(F)(F)F)c4)cc3N)cc2)C1. The van der Waals surface area contributed by atoms with E-state index < -0.39 is 23.4 Å². The zero-order valence-electron chi connectivity index (χ0n) is 20.7. The number of ether oxygens (including phenoxy) is 1. The lowest BCUT2D eigenvalue weighted by Gasteiger charge is -2.22. The fourth-order valence-electron chi connectivity index (χ4n) is 4.06. The van der Waals surface area contributed by atoms with Gasteiger partial charge in [-0.25, -0.2) is 9.48 Å². The molecule has 1 saturated heterocycles. The predicted molar refractivity (Wildman–Crippen MR) is 132 cm³/mol. The number of nitrogens with one attached hydrogen (secondary N) is 1. The molecule has 11 heteroatoms. The third kappa shape index (κ3) is 6.22. The highest BCUT2D eigenvalue weighted by Gasteiger charge is 2.31. The standard InChI is InChI=1S/C26H28F3N5O3/c1-25(2,3)37-24(36)31-19-11-12-33(15-19)23(35)16-7-9-20(10-8-16)34-22(30)14-21(32-34)17-5-4-6-18(13-17)26(27,28)29/h4-10,13-14,19H,11-12,15,30H2,1-3H3,(H,31,36). The molecule has 0 radical (unpaired) electrons. The van der Waals surface area contributed by atoms with Crippen molar-refractivity contribution in [1.29, 1.82) is 0 Å². The van der Waals surface area contributed by atoms with E-state index in [1.165, 1.54) is 22.9 Å². The van der Waals surface area contributed by atoms with Crippen LogP contribution in [0.15, 0.2) is 54.6 Å². The van der Waals surface area contributed by atoms with Gasteiger partial charge >= 0.3 is 12.3 Å². The minimum absolute atomic E-state index is 0.182. The third-order valence-corrected chi connectivity index (χ3v) is 5.78. The molecule has 1 unspecified atom stereocenters. The fraction of sp³-hybridized carbons (Fsp3) is 0.346. The average molecular weight is 516 g/mol. The number of hydrogen-bond acceptors (Lipinski definition) is 5. The van der Waals surface area contributed by atoms with E-state index in [0.29, 0.717) is 36.5 Å². The summed E-state index contributed by atoms with van der Waals surface area (Å²) in [6.45, 7) is 6.21. The number of anilines is 1. The second-order valence-electron chi connectivity index (χ2n) is 9.87. The molecule has 3 aromatic rings. The van der Waals surface area contributed by atoms with E-state index in [0.717, 1.165) is 12.1 Å². The van der Waals surface area contributed by atoms with Gasteiger partial charge in [0.25, 0.3) is 5.91 Å². The number of halogens is 3. The Balaban J connectivity index is 1.43. The van der Waals surface area contributed by atoms with Gasteiger partial charge in [0.1, 0.15) is 11.4 Å². The van der Waals surface area contributed by atoms with Crippen LogP contribution in [0.4, 0.5) is 23.8 Å². The van der Waals surface area contributed by atoms with Crippen LogP contribution in [0.5, 0.6) is 0 Å². The highest BCUT2D eigenvalue weighted by molar-refractivity contribution is 5.94. The highest BCUT2D eigenvalue weighted by Crippen LogP contribution is 2.32. The van der Waals surface area contributed by atoms with Crippen LogP contribution in [0.2, 0.25) is 0 Å². The molecule has 0 saturated carbocycles. The van der Waals surface area contributed by atoms with E-state index in [9.17, 15) is 22.8 Å². The highest BCUT2D eigenvalue weighted by atomic mass is 19.4. The summed E-state index contributed by atoms with van der Waals surface area (Å²) in [5.74, 6) is 0.0558. The minimum atomic E-state index is -4.46. The smallest absolute Gasteiger partial charge is 0.416 e. The van der Waals surface area contributed by atoms with Crippen molar-refractivity contribution in [2.24, 2.45) is 0 Å². The number of benzene rings is 2. The Labute approximate surface area is 212 Å². The lowest BCUT2D eigenvalue weighted by molar-refractivity contribution is -0.137. The van der Waals surface area contributed by atoms with Crippen LogP contribution in [0, 0.1) is 0 Å². The molecule has 8 nitrogen and oxygen atoms in total. The number of hydrogen-bond donors (Lipinski definition) is 2. The predicted octanol–water partition coefficient (Wildman–Crippen LogP) is 4.88. The molecule has 2 aromatic carbocycles. The van der Waals surface area contributed by atoms with Crippen molar-refractivity contribution in [2.45, 2.75) is 45.0 Å². The van der Waals surface area contributed by atoms with Crippen LogP contribution in [-0.2, 0) is 10.9 Å². The number of nitrogens with zero attached hydrogens (tertiary/aromatic N) is 3. The molecule has 1 aliphatic rings. The monoisotopic (exact) mass is 515 g/mol. The third-order valence-electron chi connectivity index (χ3n) is 5.78. The van der Waals surface area contributed by atoms with Crippen molar-refractivity contribution in [3.05, 3.63) is 65.7 Å². The van der Waals surface area contributed by atoms with Gasteiger partial charge in [0.15, 0.2) is 0 Å². The second kappa shape index (κ2) is 9.79. The van der Waals surface area contributed by atoms with Gasteiger partial charge in [-0.1, -0.05) is 12.1 Å². The number of carbonyl (C=O) groups excluding carboxylic acids is 2. The lowest BCUT2D eigenvalue weighted by atomic mass is 10.1. The van der Waals surface area contributed by atoms with E-state index >= 15 is 0 Å². The summed E-state index contributed by atoms with van der Waals surface area (Å²) < 4.78 is 45.9. The van der Waals surface area contributed by atoms with Gasteiger partial charge in [-0.3, -0.25) is 4.79 Å². The van der Waals surface area contributed by atoms with Crippen molar-refractivity contribution >= 4 is 17.8 Å². The van der Waals surface area contributed by atoms with Gasteiger partial charge in [0.05, 0.1) is 23.0 Å². The Hall–Kier alpha value is -4.02. The molecule has 4 rings (SSSR count). The molecule has 1 fully saturated rings. The molecule has 2 amide bonds. The van der Waals surface area contributed by atoms with Crippen molar-refractivity contribution < 1.29 is 27.5 Å². The number of nitrogens with two attached hydrogens (primary N) is 1. The first-order chi connectivity index (χ1) is 17.3. The number of nitrogen functional groups attached to an aromatic ring is 1. The molecule has 1 aromatic heterocycles. The summed E-state index contributed by atoms with van der Waals surface area (Å²) in [4.78, 5) is 26.6. The summed E-state index contributed by atoms with van der Waals surface area (Å²) in [5.41, 5.74) is 6.29. The largest absolute Gasteiger partial charge is 0.444 e. The Kier molecular flexibility index (Phi) is 6.90. The molecule has 0 spiro atoms. The zero-order chi connectivity index (χ0) is 27.0. The first-order valence-corrected chi connectivity index (χ1v) is 11.7. The van der Waals surface area contributed by atoms with E-state index in [2.05, 4.69) is 10.4 Å². The van der Waals surface area contributed by atoms with Crippen molar-refractivity contribution in [3.8, 4) is 16.9 Å². The van der Waals surface area contributed by atoms with Crippen LogP contribution < -0.4 is 11.1 Å². The summed E-state index contributed by atoms with van der Waals surface area (Å²) in [6, 6.07) is 12.8. The Morgan fingerprint density at radius 2 is 1.78 bits per heavy atom. The Morgan fingerprint density at radius 1 is 1.08 bits per heavy atom. The maximum Gasteiger partial charge on any atom is 0.416 e. The summed E-state index contributed by atoms with van der Waals surface area (Å²) >= 11 is 0. The van der Waals surface area contributed by atoms with Gasteiger partial charge in [-0.2, -0.15) is 18.3 Å². The number of carbonyl (C=O) groups is 2. The van der Waals surface area contributed by atoms with Gasteiger partial charge in [-0.05, 0) is 63.6 Å². The summed E-state index contributed by atoms with van der Waals surface area (Å²) in [6.07, 6.45) is -4.36. The zero-order valence-corrected chi connectivity index (χ0v) is 20.7.